The lowest BCUT2D eigenvalue weighted by Crippen LogP contribution is -2.39. The highest BCUT2D eigenvalue weighted by molar-refractivity contribution is 5.16. The molecule has 0 bridgehead atoms. The number of rotatable bonds is 5. The molecule has 0 aromatic heterocycles. The summed E-state index contributed by atoms with van der Waals surface area (Å²) in [7, 11) is 0. The fourth-order valence-electron chi connectivity index (χ4n) is 1.24. The topological polar surface area (TPSA) is 32.3 Å². The van der Waals surface area contributed by atoms with E-state index in [1.165, 1.54) is 12.1 Å². The molecule has 2 N–H and O–H groups in total. The molecule has 0 saturated carbocycles. The SMILES string of the molecule is OC(CNCCc1ccc(F)cc1)C(F)(F)F. The first-order valence-corrected chi connectivity index (χ1v) is 5.09. The maximum atomic E-state index is 12.5. The van der Waals surface area contributed by atoms with Crippen molar-refractivity contribution in [3.05, 3.63) is 35.6 Å². The number of aliphatic hydroxyl groups excluding tert-OH is 1. The summed E-state index contributed by atoms with van der Waals surface area (Å²) in [5.41, 5.74) is 0.820. The van der Waals surface area contributed by atoms with Gasteiger partial charge in [-0.1, -0.05) is 12.1 Å². The Kier molecular flexibility index (Phi) is 4.89. The number of benzene rings is 1. The van der Waals surface area contributed by atoms with Gasteiger partial charge in [0.05, 0.1) is 0 Å². The van der Waals surface area contributed by atoms with Crippen molar-refractivity contribution in [2.24, 2.45) is 0 Å². The number of alkyl halides is 3. The second-order valence-electron chi connectivity index (χ2n) is 3.64. The molecule has 2 nitrogen and oxygen atoms in total. The predicted octanol–water partition coefficient (Wildman–Crippen LogP) is 1.88. The van der Waals surface area contributed by atoms with Crippen LogP contribution in [0.2, 0.25) is 0 Å². The number of hydrogen-bond acceptors (Lipinski definition) is 2. The molecule has 0 heterocycles. The van der Waals surface area contributed by atoms with Gasteiger partial charge in [0.2, 0.25) is 0 Å². The van der Waals surface area contributed by atoms with Crippen LogP contribution in [0.25, 0.3) is 0 Å². The molecule has 96 valence electrons. The second kappa shape index (κ2) is 5.97. The molecule has 0 radical (unpaired) electrons. The van der Waals surface area contributed by atoms with Crippen molar-refractivity contribution < 1.29 is 22.7 Å². The highest BCUT2D eigenvalue weighted by atomic mass is 19.4. The van der Waals surface area contributed by atoms with E-state index in [-0.39, 0.29) is 5.82 Å². The van der Waals surface area contributed by atoms with Gasteiger partial charge in [-0.25, -0.2) is 4.39 Å². The Balaban J connectivity index is 2.23. The molecular weight excluding hydrogens is 238 g/mol. The summed E-state index contributed by atoms with van der Waals surface area (Å²) in [4.78, 5) is 0. The largest absolute Gasteiger partial charge is 0.415 e. The van der Waals surface area contributed by atoms with Crippen molar-refractivity contribution in [1.29, 1.82) is 0 Å². The first kappa shape index (κ1) is 13.9. The van der Waals surface area contributed by atoms with Crippen LogP contribution in [-0.4, -0.2) is 30.5 Å². The minimum Gasteiger partial charge on any atom is -0.382 e. The van der Waals surface area contributed by atoms with Crippen molar-refractivity contribution >= 4 is 0 Å². The van der Waals surface area contributed by atoms with Gasteiger partial charge in [-0.3, -0.25) is 0 Å². The van der Waals surface area contributed by atoms with Crippen molar-refractivity contribution in [3.8, 4) is 0 Å². The van der Waals surface area contributed by atoms with Gasteiger partial charge in [0.25, 0.3) is 0 Å². The molecular formula is C11H13F4NO. The average Bonchev–Trinajstić information content (AvgIpc) is 2.25. The van der Waals surface area contributed by atoms with Crippen LogP contribution < -0.4 is 5.32 Å². The van der Waals surface area contributed by atoms with Gasteiger partial charge < -0.3 is 10.4 Å². The van der Waals surface area contributed by atoms with E-state index in [0.717, 1.165) is 5.56 Å². The Morgan fingerprint density at radius 2 is 1.76 bits per heavy atom. The van der Waals surface area contributed by atoms with Crippen molar-refractivity contribution in [2.75, 3.05) is 13.1 Å². The van der Waals surface area contributed by atoms with Gasteiger partial charge in [-0.15, -0.1) is 0 Å². The van der Waals surface area contributed by atoms with Gasteiger partial charge in [0.1, 0.15) is 5.82 Å². The molecule has 0 fully saturated rings. The third-order valence-electron chi connectivity index (χ3n) is 2.22. The Bertz CT molecular complexity index is 336. The highest BCUT2D eigenvalue weighted by Crippen LogP contribution is 2.19. The van der Waals surface area contributed by atoms with Crippen LogP contribution in [0.5, 0.6) is 0 Å². The molecule has 0 spiro atoms. The first-order chi connectivity index (χ1) is 7.89. The minimum absolute atomic E-state index is 0.290. The Morgan fingerprint density at radius 1 is 1.18 bits per heavy atom. The van der Waals surface area contributed by atoms with Crippen molar-refractivity contribution in [2.45, 2.75) is 18.7 Å². The highest BCUT2D eigenvalue weighted by Gasteiger charge is 2.37. The van der Waals surface area contributed by atoms with Gasteiger partial charge >= 0.3 is 6.18 Å². The zero-order valence-corrected chi connectivity index (χ0v) is 8.97. The molecule has 0 aliphatic heterocycles. The zero-order valence-electron chi connectivity index (χ0n) is 8.97. The van der Waals surface area contributed by atoms with Gasteiger partial charge in [-0.2, -0.15) is 13.2 Å². The van der Waals surface area contributed by atoms with E-state index >= 15 is 0 Å². The smallest absolute Gasteiger partial charge is 0.382 e. The lowest BCUT2D eigenvalue weighted by Gasteiger charge is -2.14. The van der Waals surface area contributed by atoms with Crippen molar-refractivity contribution in [3.63, 3.8) is 0 Å². The molecule has 6 heteroatoms. The van der Waals surface area contributed by atoms with E-state index in [1.54, 1.807) is 12.1 Å². The summed E-state index contributed by atoms with van der Waals surface area (Å²) in [6, 6.07) is 5.72. The molecule has 1 rings (SSSR count). The Labute approximate surface area is 96.3 Å². The standard InChI is InChI=1S/C11H13F4NO/c12-9-3-1-8(2-4-9)5-6-16-7-10(17)11(13,14)15/h1-4,10,16-17H,5-7H2. The number of aliphatic hydroxyl groups is 1. The monoisotopic (exact) mass is 251 g/mol. The maximum Gasteiger partial charge on any atom is 0.415 e. The Hall–Kier alpha value is -1.14. The number of hydrogen-bond donors (Lipinski definition) is 2. The van der Waals surface area contributed by atoms with Gasteiger partial charge in [0.15, 0.2) is 6.10 Å². The summed E-state index contributed by atoms with van der Waals surface area (Å²) >= 11 is 0. The Morgan fingerprint density at radius 3 is 2.29 bits per heavy atom. The molecule has 1 aromatic rings. The third-order valence-corrected chi connectivity index (χ3v) is 2.22. The molecule has 0 aliphatic rings. The van der Waals surface area contributed by atoms with Crippen LogP contribution in [0.4, 0.5) is 17.6 Å². The summed E-state index contributed by atoms with van der Waals surface area (Å²) in [6.07, 6.45) is -6.47. The molecule has 1 aromatic carbocycles. The summed E-state index contributed by atoms with van der Waals surface area (Å²) in [5.74, 6) is -0.353. The fourth-order valence-corrected chi connectivity index (χ4v) is 1.24. The second-order valence-corrected chi connectivity index (χ2v) is 3.64. The minimum atomic E-state index is -4.59. The lowest BCUT2D eigenvalue weighted by atomic mass is 10.1. The van der Waals surface area contributed by atoms with Crippen LogP contribution in [0, 0.1) is 5.82 Å². The van der Waals surface area contributed by atoms with Crippen LogP contribution in [0.1, 0.15) is 5.56 Å². The third kappa shape index (κ3) is 5.14. The van der Waals surface area contributed by atoms with E-state index < -0.39 is 18.8 Å². The van der Waals surface area contributed by atoms with E-state index in [1.807, 2.05) is 0 Å². The molecule has 0 saturated heterocycles. The predicted molar refractivity (Wildman–Crippen MR) is 55.0 cm³/mol. The van der Waals surface area contributed by atoms with E-state index in [2.05, 4.69) is 5.32 Å². The van der Waals surface area contributed by atoms with Gasteiger partial charge in [-0.05, 0) is 30.7 Å². The summed E-state index contributed by atoms with van der Waals surface area (Å²) in [6.45, 7) is -0.247. The first-order valence-electron chi connectivity index (χ1n) is 5.09. The van der Waals surface area contributed by atoms with Crippen LogP contribution >= 0.6 is 0 Å². The van der Waals surface area contributed by atoms with Gasteiger partial charge in [0, 0.05) is 6.54 Å². The molecule has 0 amide bonds. The lowest BCUT2D eigenvalue weighted by molar-refractivity contribution is -0.201. The van der Waals surface area contributed by atoms with Crippen LogP contribution in [-0.2, 0) is 6.42 Å². The van der Waals surface area contributed by atoms with E-state index in [4.69, 9.17) is 5.11 Å². The van der Waals surface area contributed by atoms with Crippen LogP contribution in [0.3, 0.4) is 0 Å². The van der Waals surface area contributed by atoms with E-state index in [0.29, 0.717) is 13.0 Å². The fraction of sp³-hybridized carbons (Fsp3) is 0.455. The quantitative estimate of drug-likeness (QED) is 0.618. The summed E-state index contributed by atoms with van der Waals surface area (Å²) in [5, 5.41) is 11.2. The normalized spacial score (nSPS) is 13.7. The van der Waals surface area contributed by atoms with E-state index in [9.17, 15) is 17.6 Å². The maximum absolute atomic E-state index is 12.5. The average molecular weight is 251 g/mol. The zero-order chi connectivity index (χ0) is 12.9. The van der Waals surface area contributed by atoms with Crippen LogP contribution in [0.15, 0.2) is 24.3 Å². The number of nitrogens with one attached hydrogen (secondary N) is 1. The molecule has 17 heavy (non-hydrogen) atoms. The molecule has 1 atom stereocenters. The molecule has 1 unspecified atom stereocenters. The van der Waals surface area contributed by atoms with Crippen molar-refractivity contribution in [1.82, 2.24) is 5.32 Å². The molecule has 0 aliphatic carbocycles. The summed E-state index contributed by atoms with van der Waals surface area (Å²) < 4.78 is 48.3. The number of halogens is 4.